The van der Waals surface area contributed by atoms with Crippen molar-refractivity contribution in [1.29, 1.82) is 0 Å². The van der Waals surface area contributed by atoms with Gasteiger partial charge in [-0.05, 0) is 17.9 Å². The Balaban J connectivity index is 1.38. The normalized spacial score (nSPS) is 12.6. The highest BCUT2D eigenvalue weighted by molar-refractivity contribution is 6.18. The molecular weight excluding hydrogens is 276 g/mol. The predicted octanol–water partition coefficient (Wildman–Crippen LogP) is 3.04. The quantitative estimate of drug-likeness (QED) is 0.581. The summed E-state index contributed by atoms with van der Waals surface area (Å²) in [7, 11) is 0. The van der Waals surface area contributed by atoms with Gasteiger partial charge in [0, 0.05) is 29.9 Å². The Bertz CT molecular complexity index is 819. The Morgan fingerprint density at radius 1 is 1.14 bits per heavy atom. The zero-order valence-electron chi connectivity index (χ0n) is 12.1. The van der Waals surface area contributed by atoms with Gasteiger partial charge >= 0.3 is 0 Å². The van der Waals surface area contributed by atoms with Gasteiger partial charge in [-0.1, -0.05) is 30.3 Å². The Labute approximate surface area is 128 Å². The highest BCUT2D eigenvalue weighted by atomic mass is 16.6. The molecule has 0 saturated carbocycles. The van der Waals surface area contributed by atoms with Crippen LogP contribution in [-0.2, 0) is 11.4 Å². The largest absolute Gasteiger partial charge is 0.337 e. The van der Waals surface area contributed by atoms with E-state index in [1.54, 1.807) is 6.20 Å². The molecule has 0 atom stereocenters. The summed E-state index contributed by atoms with van der Waals surface area (Å²) in [6, 6.07) is 12.4. The van der Waals surface area contributed by atoms with Crippen molar-refractivity contribution in [2.24, 2.45) is 4.99 Å². The second-order valence-corrected chi connectivity index (χ2v) is 5.25. The number of hydroxylamine groups is 1. The summed E-state index contributed by atoms with van der Waals surface area (Å²) in [6.07, 6.45) is 6.45. The second kappa shape index (κ2) is 5.61. The molecule has 0 radical (unpaired) electrons. The molecule has 0 aliphatic carbocycles. The van der Waals surface area contributed by atoms with Gasteiger partial charge in [0.05, 0.1) is 18.6 Å². The van der Waals surface area contributed by atoms with E-state index >= 15 is 0 Å². The van der Waals surface area contributed by atoms with Crippen molar-refractivity contribution in [3.63, 3.8) is 0 Å². The van der Waals surface area contributed by atoms with Gasteiger partial charge in [0.1, 0.15) is 0 Å². The Hall–Kier alpha value is -2.66. The minimum Gasteiger partial charge on any atom is -0.337 e. The number of hydrogen-bond donors (Lipinski definition) is 1. The Morgan fingerprint density at radius 2 is 2.05 bits per heavy atom. The van der Waals surface area contributed by atoms with E-state index in [0.29, 0.717) is 6.61 Å². The van der Waals surface area contributed by atoms with E-state index in [0.717, 1.165) is 30.1 Å². The van der Waals surface area contributed by atoms with Gasteiger partial charge in [0.25, 0.3) is 0 Å². The number of nitrogens with zero attached hydrogens (tertiary/aromatic N) is 3. The number of aromatic nitrogens is 2. The number of aliphatic imine (C=N–C) groups is 1. The monoisotopic (exact) mass is 292 g/mol. The van der Waals surface area contributed by atoms with Gasteiger partial charge in [0.2, 0.25) is 0 Å². The third-order valence-electron chi connectivity index (χ3n) is 3.76. The lowest BCUT2D eigenvalue weighted by Crippen LogP contribution is -2.24. The van der Waals surface area contributed by atoms with Crippen LogP contribution in [0.3, 0.4) is 0 Å². The second-order valence-electron chi connectivity index (χ2n) is 5.25. The molecule has 0 amide bonds. The first kappa shape index (κ1) is 13.0. The van der Waals surface area contributed by atoms with Gasteiger partial charge < -0.3 is 4.57 Å². The average Bonchev–Trinajstić information content (AvgIpc) is 3.17. The molecule has 0 spiro atoms. The summed E-state index contributed by atoms with van der Waals surface area (Å²) in [5.41, 5.74) is 5.09. The van der Waals surface area contributed by atoms with Crippen molar-refractivity contribution in [2.75, 3.05) is 6.61 Å². The van der Waals surface area contributed by atoms with Crippen molar-refractivity contribution in [2.45, 2.75) is 13.0 Å². The third kappa shape index (κ3) is 2.35. The molecule has 1 N–H and O–H groups in total. The molecule has 5 nitrogen and oxygen atoms in total. The smallest absolute Gasteiger partial charge is 0.158 e. The fourth-order valence-electron chi connectivity index (χ4n) is 2.73. The van der Waals surface area contributed by atoms with Crippen molar-refractivity contribution >= 4 is 22.3 Å². The lowest BCUT2D eigenvalue weighted by Gasteiger charge is -2.08. The number of rotatable bonds is 5. The molecule has 0 saturated heterocycles. The molecule has 5 heteroatoms. The van der Waals surface area contributed by atoms with Crippen LogP contribution >= 0.6 is 0 Å². The topological polar surface area (TPSA) is 51.4 Å². The summed E-state index contributed by atoms with van der Waals surface area (Å²) in [5.74, 6) is 0.787. The predicted molar refractivity (Wildman–Crippen MR) is 86.1 cm³/mol. The van der Waals surface area contributed by atoms with E-state index in [-0.39, 0.29) is 0 Å². The van der Waals surface area contributed by atoms with Crippen LogP contribution in [0.2, 0.25) is 0 Å². The van der Waals surface area contributed by atoms with Crippen LogP contribution in [0.5, 0.6) is 0 Å². The summed E-state index contributed by atoms with van der Waals surface area (Å²) in [4.78, 5) is 14.2. The molecule has 3 aromatic rings. The number of benzene rings is 2. The summed E-state index contributed by atoms with van der Waals surface area (Å²) in [6.45, 7) is 1.51. The fraction of sp³-hybridized carbons (Fsp3) is 0.176. The molecule has 4 rings (SSSR count). The third-order valence-corrected chi connectivity index (χ3v) is 3.76. The SMILES string of the molecule is c1cc2c3c(cccc3c1)C(NOCCCn1ccnc1)=N2. The van der Waals surface area contributed by atoms with Crippen LogP contribution < -0.4 is 5.48 Å². The maximum Gasteiger partial charge on any atom is 0.158 e. The summed E-state index contributed by atoms with van der Waals surface area (Å²) < 4.78 is 2.03. The highest BCUT2D eigenvalue weighted by Gasteiger charge is 2.17. The number of aryl methyl sites for hydroxylation is 1. The number of imidazole rings is 1. The molecule has 0 unspecified atom stereocenters. The highest BCUT2D eigenvalue weighted by Crippen LogP contribution is 2.34. The van der Waals surface area contributed by atoms with E-state index in [4.69, 9.17) is 4.84 Å². The van der Waals surface area contributed by atoms with E-state index in [9.17, 15) is 0 Å². The fourth-order valence-corrected chi connectivity index (χ4v) is 2.73. The molecule has 1 aliphatic rings. The van der Waals surface area contributed by atoms with Crippen LogP contribution in [0, 0.1) is 0 Å². The van der Waals surface area contributed by atoms with E-state index in [2.05, 4.69) is 33.7 Å². The molecule has 1 aromatic heterocycles. The van der Waals surface area contributed by atoms with Crippen LogP contribution in [0.25, 0.3) is 10.8 Å². The van der Waals surface area contributed by atoms with Crippen molar-refractivity contribution in [1.82, 2.24) is 15.0 Å². The first-order valence-electron chi connectivity index (χ1n) is 7.36. The molecule has 0 fully saturated rings. The Morgan fingerprint density at radius 3 is 2.91 bits per heavy atom. The van der Waals surface area contributed by atoms with Crippen molar-refractivity contribution < 1.29 is 4.84 Å². The summed E-state index contributed by atoms with van der Waals surface area (Å²) >= 11 is 0. The lowest BCUT2D eigenvalue weighted by molar-refractivity contribution is 0.0812. The molecule has 2 aromatic carbocycles. The minimum absolute atomic E-state index is 0.615. The van der Waals surface area contributed by atoms with Crippen LogP contribution in [0.4, 0.5) is 5.69 Å². The molecule has 1 aliphatic heterocycles. The Kier molecular flexibility index (Phi) is 3.33. The van der Waals surface area contributed by atoms with Crippen molar-refractivity contribution in [3.8, 4) is 0 Å². The number of nitrogens with one attached hydrogen (secondary N) is 1. The van der Waals surface area contributed by atoms with Gasteiger partial charge in [-0.2, -0.15) is 0 Å². The zero-order valence-corrected chi connectivity index (χ0v) is 12.1. The van der Waals surface area contributed by atoms with Crippen molar-refractivity contribution in [3.05, 3.63) is 60.7 Å². The van der Waals surface area contributed by atoms with Gasteiger partial charge in [-0.15, -0.1) is 0 Å². The van der Waals surface area contributed by atoms with Gasteiger partial charge in [0.15, 0.2) is 5.84 Å². The van der Waals surface area contributed by atoms with Crippen LogP contribution in [-0.4, -0.2) is 22.0 Å². The lowest BCUT2D eigenvalue weighted by atomic mass is 10.0. The number of hydrogen-bond acceptors (Lipinski definition) is 4. The first-order chi connectivity index (χ1) is 10.9. The van der Waals surface area contributed by atoms with Gasteiger partial charge in [-0.25, -0.2) is 15.5 Å². The van der Waals surface area contributed by atoms with E-state index in [1.807, 2.05) is 35.3 Å². The van der Waals surface area contributed by atoms with Crippen LogP contribution in [0.1, 0.15) is 12.0 Å². The maximum absolute atomic E-state index is 5.56. The zero-order chi connectivity index (χ0) is 14.8. The van der Waals surface area contributed by atoms with E-state index < -0.39 is 0 Å². The molecule has 110 valence electrons. The maximum atomic E-state index is 5.56. The molecule has 2 heterocycles. The van der Waals surface area contributed by atoms with Crippen LogP contribution in [0.15, 0.2) is 60.1 Å². The molecule has 0 bridgehead atoms. The number of amidine groups is 1. The molecular formula is C17H16N4O. The van der Waals surface area contributed by atoms with Gasteiger partial charge in [-0.3, -0.25) is 4.84 Å². The minimum atomic E-state index is 0.615. The first-order valence-corrected chi connectivity index (χ1v) is 7.36. The standard InChI is InChI=1S/C17H16N4O/c1-4-13-5-2-7-15-16(13)14(6-1)17(19-15)20-22-11-3-9-21-10-8-18-12-21/h1-2,4-8,10,12H,3,9,11H2,(H,19,20). The summed E-state index contributed by atoms with van der Waals surface area (Å²) in [5, 5.41) is 2.39. The molecule has 22 heavy (non-hydrogen) atoms. The van der Waals surface area contributed by atoms with E-state index in [1.165, 1.54) is 10.8 Å². The average molecular weight is 292 g/mol.